The van der Waals surface area contributed by atoms with Gasteiger partial charge in [0.2, 0.25) is 0 Å². The summed E-state index contributed by atoms with van der Waals surface area (Å²) in [5.74, 6) is 0.250. The number of hydrogen-bond donors (Lipinski definition) is 1. The van der Waals surface area contributed by atoms with Gasteiger partial charge in [-0.3, -0.25) is 0 Å². The molecule has 1 saturated heterocycles. The van der Waals surface area contributed by atoms with Crippen LogP contribution in [0.15, 0.2) is 0 Å². The van der Waals surface area contributed by atoms with Gasteiger partial charge in [0.15, 0.2) is 0 Å². The highest BCUT2D eigenvalue weighted by molar-refractivity contribution is 5.69. The molecular formula is C14H25NO3. The molecule has 1 N–H and O–H groups in total. The van der Waals surface area contributed by atoms with Crippen LogP contribution in [-0.4, -0.2) is 40.4 Å². The summed E-state index contributed by atoms with van der Waals surface area (Å²) in [6, 6.07) is 0.178. The lowest BCUT2D eigenvalue weighted by atomic mass is 9.94. The zero-order valence-corrected chi connectivity index (χ0v) is 11.7. The highest BCUT2D eigenvalue weighted by atomic mass is 16.6. The molecule has 2 fully saturated rings. The average Bonchev–Trinajstić information content (AvgIpc) is 2.82. The summed E-state index contributed by atoms with van der Waals surface area (Å²) < 4.78 is 5.45. The minimum absolute atomic E-state index is 0.178. The van der Waals surface area contributed by atoms with E-state index in [0.717, 1.165) is 38.6 Å². The topological polar surface area (TPSA) is 49.8 Å². The van der Waals surface area contributed by atoms with Gasteiger partial charge >= 0.3 is 6.09 Å². The van der Waals surface area contributed by atoms with Gasteiger partial charge in [-0.05, 0) is 46.5 Å². The van der Waals surface area contributed by atoms with E-state index < -0.39 is 5.60 Å². The first kappa shape index (κ1) is 13.7. The first-order valence-corrected chi connectivity index (χ1v) is 7.06. The fourth-order valence-electron chi connectivity index (χ4n) is 3.20. The van der Waals surface area contributed by atoms with Crippen molar-refractivity contribution in [3.8, 4) is 0 Å². The Morgan fingerprint density at radius 3 is 2.50 bits per heavy atom. The van der Waals surface area contributed by atoms with Crippen molar-refractivity contribution in [1.82, 2.24) is 4.90 Å². The van der Waals surface area contributed by atoms with E-state index in [-0.39, 0.29) is 24.2 Å². The van der Waals surface area contributed by atoms with Crippen LogP contribution < -0.4 is 0 Å². The Balaban J connectivity index is 2.01. The van der Waals surface area contributed by atoms with Crippen molar-refractivity contribution in [3.05, 3.63) is 0 Å². The van der Waals surface area contributed by atoms with E-state index >= 15 is 0 Å². The summed E-state index contributed by atoms with van der Waals surface area (Å²) in [7, 11) is 0. The van der Waals surface area contributed by atoms with Crippen molar-refractivity contribution in [1.29, 1.82) is 0 Å². The lowest BCUT2D eigenvalue weighted by molar-refractivity contribution is 0.00923. The van der Waals surface area contributed by atoms with Crippen LogP contribution in [0.2, 0.25) is 0 Å². The van der Waals surface area contributed by atoms with Crippen LogP contribution in [-0.2, 0) is 4.74 Å². The Labute approximate surface area is 109 Å². The van der Waals surface area contributed by atoms with Crippen molar-refractivity contribution >= 4 is 6.09 Å². The van der Waals surface area contributed by atoms with Gasteiger partial charge < -0.3 is 14.7 Å². The van der Waals surface area contributed by atoms with Crippen molar-refractivity contribution < 1.29 is 14.6 Å². The molecule has 3 unspecified atom stereocenters. The van der Waals surface area contributed by atoms with Crippen molar-refractivity contribution in [3.63, 3.8) is 0 Å². The largest absolute Gasteiger partial charge is 0.444 e. The molecule has 0 radical (unpaired) electrons. The maximum Gasteiger partial charge on any atom is 0.410 e. The molecule has 2 rings (SSSR count). The van der Waals surface area contributed by atoms with Crippen molar-refractivity contribution in [2.24, 2.45) is 5.92 Å². The SMILES string of the molecule is CC(C)(C)OC(=O)N1CCCC1C1CCCC1O. The lowest BCUT2D eigenvalue weighted by Gasteiger charge is -2.32. The molecule has 1 saturated carbocycles. The standard InChI is InChI=1S/C14H25NO3/c1-14(2,3)18-13(17)15-9-5-7-11(15)10-6-4-8-12(10)16/h10-12,16H,4-9H2,1-3H3. The Morgan fingerprint density at radius 2 is 1.94 bits per heavy atom. The predicted octanol–water partition coefficient (Wildman–Crippen LogP) is 2.55. The zero-order valence-electron chi connectivity index (χ0n) is 11.7. The molecule has 4 heteroatoms. The molecule has 1 aliphatic heterocycles. The van der Waals surface area contributed by atoms with Crippen molar-refractivity contribution in [2.75, 3.05) is 6.54 Å². The van der Waals surface area contributed by atoms with Gasteiger partial charge in [0.25, 0.3) is 0 Å². The minimum Gasteiger partial charge on any atom is -0.444 e. The smallest absolute Gasteiger partial charge is 0.410 e. The third-order valence-electron chi connectivity index (χ3n) is 3.95. The average molecular weight is 255 g/mol. The summed E-state index contributed by atoms with van der Waals surface area (Å²) in [6.45, 7) is 6.43. The van der Waals surface area contributed by atoms with Crippen LogP contribution in [0.3, 0.4) is 0 Å². The quantitative estimate of drug-likeness (QED) is 0.783. The molecule has 104 valence electrons. The molecule has 3 atom stereocenters. The Hall–Kier alpha value is -0.770. The van der Waals surface area contributed by atoms with Crippen LogP contribution in [0, 0.1) is 5.92 Å². The number of carbonyl (C=O) groups excluding carboxylic acids is 1. The number of amides is 1. The van der Waals surface area contributed by atoms with Crippen molar-refractivity contribution in [2.45, 2.75) is 70.6 Å². The fourth-order valence-corrected chi connectivity index (χ4v) is 3.20. The van der Waals surface area contributed by atoms with Crippen LogP contribution in [0.4, 0.5) is 4.79 Å². The third kappa shape index (κ3) is 2.97. The second kappa shape index (κ2) is 5.08. The van der Waals surface area contributed by atoms with Gasteiger partial charge in [-0.25, -0.2) is 4.79 Å². The van der Waals surface area contributed by atoms with Crippen LogP contribution in [0.25, 0.3) is 0 Å². The summed E-state index contributed by atoms with van der Waals surface area (Å²) in [6.07, 6.45) is 4.55. The lowest BCUT2D eigenvalue weighted by Crippen LogP contribution is -2.44. The Morgan fingerprint density at radius 1 is 1.22 bits per heavy atom. The first-order chi connectivity index (χ1) is 8.38. The van der Waals surface area contributed by atoms with Gasteiger partial charge in [-0.2, -0.15) is 0 Å². The maximum atomic E-state index is 12.2. The maximum absolute atomic E-state index is 12.2. The Kier molecular flexibility index (Phi) is 3.85. The number of aliphatic hydroxyl groups excluding tert-OH is 1. The first-order valence-electron chi connectivity index (χ1n) is 7.06. The summed E-state index contributed by atoms with van der Waals surface area (Å²) in [5.41, 5.74) is -0.446. The van der Waals surface area contributed by atoms with E-state index in [1.807, 2.05) is 25.7 Å². The van der Waals surface area contributed by atoms with Gasteiger partial charge in [-0.1, -0.05) is 6.42 Å². The van der Waals surface area contributed by atoms with Gasteiger partial charge in [0.05, 0.1) is 6.10 Å². The Bertz CT molecular complexity index is 311. The number of aliphatic hydroxyl groups is 1. The molecule has 0 aromatic carbocycles. The highest BCUT2D eigenvalue weighted by Crippen LogP contribution is 2.36. The molecule has 1 amide bonds. The van der Waals surface area contributed by atoms with E-state index in [1.54, 1.807) is 0 Å². The second-order valence-electron chi connectivity index (χ2n) is 6.55. The van der Waals surface area contributed by atoms with Gasteiger partial charge in [0, 0.05) is 18.5 Å². The number of ether oxygens (including phenoxy) is 1. The summed E-state index contributed by atoms with van der Waals surface area (Å²) >= 11 is 0. The van der Waals surface area contributed by atoms with Crippen LogP contribution >= 0.6 is 0 Å². The molecule has 0 spiro atoms. The predicted molar refractivity (Wildman–Crippen MR) is 69.3 cm³/mol. The highest BCUT2D eigenvalue weighted by Gasteiger charge is 2.41. The second-order valence-corrected chi connectivity index (χ2v) is 6.55. The third-order valence-corrected chi connectivity index (χ3v) is 3.95. The molecule has 18 heavy (non-hydrogen) atoms. The monoisotopic (exact) mass is 255 g/mol. The normalized spacial score (nSPS) is 32.9. The van der Waals surface area contributed by atoms with E-state index in [0.29, 0.717) is 0 Å². The molecular weight excluding hydrogens is 230 g/mol. The number of carbonyl (C=O) groups is 1. The number of likely N-dealkylation sites (tertiary alicyclic amines) is 1. The van der Waals surface area contributed by atoms with Gasteiger partial charge in [0.1, 0.15) is 5.60 Å². The van der Waals surface area contributed by atoms with Gasteiger partial charge in [-0.15, -0.1) is 0 Å². The molecule has 0 aromatic rings. The zero-order chi connectivity index (χ0) is 13.3. The molecule has 2 aliphatic rings. The fraction of sp³-hybridized carbons (Fsp3) is 0.929. The number of hydrogen-bond acceptors (Lipinski definition) is 3. The molecule has 1 aliphatic carbocycles. The molecule has 0 bridgehead atoms. The summed E-state index contributed by atoms with van der Waals surface area (Å²) in [4.78, 5) is 14.0. The number of rotatable bonds is 1. The number of nitrogens with zero attached hydrogens (tertiary/aromatic N) is 1. The van der Waals surface area contributed by atoms with Crippen LogP contribution in [0.1, 0.15) is 52.9 Å². The van der Waals surface area contributed by atoms with E-state index in [1.165, 1.54) is 0 Å². The van der Waals surface area contributed by atoms with E-state index in [4.69, 9.17) is 4.74 Å². The van der Waals surface area contributed by atoms with Crippen LogP contribution in [0.5, 0.6) is 0 Å². The van der Waals surface area contributed by atoms with E-state index in [2.05, 4.69) is 0 Å². The van der Waals surface area contributed by atoms with E-state index in [9.17, 15) is 9.90 Å². The summed E-state index contributed by atoms with van der Waals surface area (Å²) in [5, 5.41) is 10.0. The molecule has 0 aromatic heterocycles. The molecule has 1 heterocycles. The molecule has 4 nitrogen and oxygen atoms in total. The minimum atomic E-state index is -0.446.